The quantitative estimate of drug-likeness (QED) is 0.848. The highest BCUT2D eigenvalue weighted by atomic mass is 32.2. The lowest BCUT2D eigenvalue weighted by atomic mass is 10.2. The van der Waals surface area contributed by atoms with Crippen LogP contribution in [0, 0.1) is 12.7 Å². The summed E-state index contributed by atoms with van der Waals surface area (Å²) in [5, 5.41) is 0. The van der Waals surface area contributed by atoms with Gasteiger partial charge in [0.15, 0.2) is 0 Å². The third kappa shape index (κ3) is 3.03. The Morgan fingerprint density at radius 3 is 2.58 bits per heavy atom. The number of anilines is 2. The van der Waals surface area contributed by atoms with E-state index in [9.17, 15) is 12.8 Å². The van der Waals surface area contributed by atoms with Crippen molar-refractivity contribution in [2.45, 2.75) is 11.8 Å². The molecular weight excluding hydrogens is 267 g/mol. The first-order valence-electron chi connectivity index (χ1n) is 5.53. The van der Waals surface area contributed by atoms with Gasteiger partial charge in [-0.1, -0.05) is 12.1 Å². The Morgan fingerprint density at radius 1 is 1.16 bits per heavy atom. The van der Waals surface area contributed by atoms with Crippen molar-refractivity contribution in [2.75, 3.05) is 10.5 Å². The minimum absolute atomic E-state index is 0.00144. The van der Waals surface area contributed by atoms with E-state index in [1.807, 2.05) is 13.0 Å². The summed E-state index contributed by atoms with van der Waals surface area (Å²) in [5.41, 5.74) is 6.89. The Kier molecular flexibility index (Phi) is 3.44. The van der Waals surface area contributed by atoms with Gasteiger partial charge in [0.1, 0.15) is 10.7 Å². The van der Waals surface area contributed by atoms with Gasteiger partial charge in [0.2, 0.25) is 0 Å². The van der Waals surface area contributed by atoms with Gasteiger partial charge >= 0.3 is 0 Å². The summed E-state index contributed by atoms with van der Waals surface area (Å²) in [7, 11) is -3.90. The van der Waals surface area contributed by atoms with Gasteiger partial charge in [0.25, 0.3) is 10.0 Å². The van der Waals surface area contributed by atoms with Crippen LogP contribution in [0.3, 0.4) is 0 Å². The Morgan fingerprint density at radius 2 is 1.89 bits per heavy atom. The number of sulfonamides is 1. The van der Waals surface area contributed by atoms with Crippen LogP contribution in [0.2, 0.25) is 0 Å². The van der Waals surface area contributed by atoms with Gasteiger partial charge in [0.05, 0.1) is 5.69 Å². The number of nitrogens with two attached hydrogens (primary N) is 1. The second-order valence-corrected chi connectivity index (χ2v) is 5.81. The molecule has 0 radical (unpaired) electrons. The molecule has 6 heteroatoms. The lowest BCUT2D eigenvalue weighted by Crippen LogP contribution is -2.15. The molecule has 0 aliphatic heterocycles. The van der Waals surface area contributed by atoms with Crippen LogP contribution in [-0.4, -0.2) is 8.42 Å². The fraction of sp³-hybridized carbons (Fsp3) is 0.0769. The predicted molar refractivity (Wildman–Crippen MR) is 72.8 cm³/mol. The number of nitrogens with one attached hydrogen (secondary N) is 1. The number of rotatable bonds is 3. The molecular formula is C13H13FN2O2S. The first-order chi connectivity index (χ1) is 8.88. The van der Waals surface area contributed by atoms with Gasteiger partial charge in [0, 0.05) is 5.69 Å². The SMILES string of the molecule is Cc1cccc(NS(=O)(=O)c2cc(F)ccc2N)c1. The molecule has 0 saturated carbocycles. The summed E-state index contributed by atoms with van der Waals surface area (Å²) < 4.78 is 39.8. The number of aryl methyl sites for hydroxylation is 1. The van der Waals surface area contributed by atoms with Crippen molar-refractivity contribution in [3.05, 3.63) is 53.8 Å². The first kappa shape index (κ1) is 13.4. The van der Waals surface area contributed by atoms with Crippen molar-refractivity contribution in [3.8, 4) is 0 Å². The summed E-state index contributed by atoms with van der Waals surface area (Å²) in [6.45, 7) is 1.84. The van der Waals surface area contributed by atoms with Crippen LogP contribution in [0.15, 0.2) is 47.4 Å². The van der Waals surface area contributed by atoms with Crippen LogP contribution in [0.25, 0.3) is 0 Å². The molecule has 0 unspecified atom stereocenters. The summed E-state index contributed by atoms with van der Waals surface area (Å²) in [6, 6.07) is 10.1. The van der Waals surface area contributed by atoms with E-state index in [0.717, 1.165) is 17.7 Å². The van der Waals surface area contributed by atoms with E-state index in [0.29, 0.717) is 5.69 Å². The zero-order chi connectivity index (χ0) is 14.0. The molecule has 4 nitrogen and oxygen atoms in total. The molecule has 100 valence electrons. The van der Waals surface area contributed by atoms with Crippen LogP contribution in [0.4, 0.5) is 15.8 Å². The number of hydrogen-bond acceptors (Lipinski definition) is 3. The number of halogens is 1. The maximum Gasteiger partial charge on any atom is 0.264 e. The van der Waals surface area contributed by atoms with E-state index in [4.69, 9.17) is 5.73 Å². The molecule has 0 heterocycles. The van der Waals surface area contributed by atoms with Gasteiger partial charge in [-0.3, -0.25) is 4.72 Å². The maximum atomic E-state index is 13.1. The second kappa shape index (κ2) is 4.89. The molecule has 2 rings (SSSR count). The second-order valence-electron chi connectivity index (χ2n) is 4.16. The van der Waals surface area contributed by atoms with Gasteiger partial charge in [-0.25, -0.2) is 12.8 Å². The largest absolute Gasteiger partial charge is 0.398 e. The topological polar surface area (TPSA) is 72.2 Å². The van der Waals surface area contributed by atoms with E-state index in [2.05, 4.69) is 4.72 Å². The van der Waals surface area contributed by atoms with Crippen LogP contribution in [0.1, 0.15) is 5.56 Å². The minimum atomic E-state index is -3.90. The monoisotopic (exact) mass is 280 g/mol. The van der Waals surface area contributed by atoms with Crippen LogP contribution >= 0.6 is 0 Å². The summed E-state index contributed by atoms with van der Waals surface area (Å²) in [6.07, 6.45) is 0. The molecule has 0 spiro atoms. The zero-order valence-electron chi connectivity index (χ0n) is 10.2. The average molecular weight is 280 g/mol. The molecule has 0 aliphatic rings. The Balaban J connectivity index is 2.40. The highest BCUT2D eigenvalue weighted by molar-refractivity contribution is 7.92. The van der Waals surface area contributed by atoms with E-state index >= 15 is 0 Å². The Bertz CT molecular complexity index is 714. The van der Waals surface area contributed by atoms with Crippen molar-refractivity contribution in [1.82, 2.24) is 0 Å². The van der Waals surface area contributed by atoms with Crippen molar-refractivity contribution in [1.29, 1.82) is 0 Å². The summed E-state index contributed by atoms with van der Waals surface area (Å²) >= 11 is 0. The smallest absolute Gasteiger partial charge is 0.264 e. The lowest BCUT2D eigenvalue weighted by Gasteiger charge is -2.10. The van der Waals surface area contributed by atoms with E-state index in [1.165, 1.54) is 6.07 Å². The van der Waals surface area contributed by atoms with Crippen molar-refractivity contribution >= 4 is 21.4 Å². The van der Waals surface area contributed by atoms with Crippen LogP contribution in [-0.2, 0) is 10.0 Å². The number of nitrogen functional groups attached to an aromatic ring is 1. The molecule has 0 saturated heterocycles. The van der Waals surface area contributed by atoms with Gasteiger partial charge in [-0.15, -0.1) is 0 Å². The Labute approximate surface area is 111 Å². The van der Waals surface area contributed by atoms with Gasteiger partial charge < -0.3 is 5.73 Å². The Hall–Kier alpha value is -2.08. The minimum Gasteiger partial charge on any atom is -0.398 e. The zero-order valence-corrected chi connectivity index (χ0v) is 11.0. The third-order valence-electron chi connectivity index (χ3n) is 2.54. The fourth-order valence-corrected chi connectivity index (χ4v) is 2.85. The molecule has 0 bridgehead atoms. The van der Waals surface area contributed by atoms with Crippen LogP contribution in [0.5, 0.6) is 0 Å². The molecule has 0 fully saturated rings. The van der Waals surface area contributed by atoms with Gasteiger partial charge in [-0.2, -0.15) is 0 Å². The highest BCUT2D eigenvalue weighted by Gasteiger charge is 2.18. The molecule has 0 atom stereocenters. The molecule has 19 heavy (non-hydrogen) atoms. The van der Waals surface area contributed by atoms with Gasteiger partial charge in [-0.05, 0) is 42.8 Å². The third-order valence-corrected chi connectivity index (χ3v) is 3.97. The van der Waals surface area contributed by atoms with Crippen molar-refractivity contribution in [3.63, 3.8) is 0 Å². The lowest BCUT2D eigenvalue weighted by molar-refractivity contribution is 0.596. The number of hydrogen-bond donors (Lipinski definition) is 2. The number of benzene rings is 2. The molecule has 0 amide bonds. The normalized spacial score (nSPS) is 11.3. The fourth-order valence-electron chi connectivity index (χ4n) is 1.66. The standard InChI is InChI=1S/C13H13FN2O2S/c1-9-3-2-4-11(7-9)16-19(17,18)13-8-10(14)5-6-12(13)15/h2-8,16H,15H2,1H3. The molecule has 2 aromatic rings. The summed E-state index contributed by atoms with van der Waals surface area (Å²) in [4.78, 5) is -0.269. The van der Waals surface area contributed by atoms with E-state index in [1.54, 1.807) is 18.2 Å². The average Bonchev–Trinajstić information content (AvgIpc) is 2.31. The maximum absolute atomic E-state index is 13.1. The summed E-state index contributed by atoms with van der Waals surface area (Å²) in [5.74, 6) is -0.654. The van der Waals surface area contributed by atoms with Crippen LogP contribution < -0.4 is 10.5 Å². The highest BCUT2D eigenvalue weighted by Crippen LogP contribution is 2.22. The van der Waals surface area contributed by atoms with Crippen molar-refractivity contribution in [2.24, 2.45) is 0 Å². The molecule has 0 aromatic heterocycles. The molecule has 0 aliphatic carbocycles. The first-order valence-corrected chi connectivity index (χ1v) is 7.01. The van der Waals surface area contributed by atoms with Crippen molar-refractivity contribution < 1.29 is 12.8 Å². The van der Waals surface area contributed by atoms with E-state index < -0.39 is 15.8 Å². The van der Waals surface area contributed by atoms with E-state index in [-0.39, 0.29) is 10.6 Å². The predicted octanol–water partition coefficient (Wildman–Crippen LogP) is 2.52. The molecule has 3 N–H and O–H groups in total. The molecule has 2 aromatic carbocycles.